The molecule has 1 amide bonds. The fourth-order valence-electron chi connectivity index (χ4n) is 3.10. The summed E-state index contributed by atoms with van der Waals surface area (Å²) in [7, 11) is -2.17. The lowest BCUT2D eigenvalue weighted by atomic mass is 10.1. The quantitative estimate of drug-likeness (QED) is 0.433. The zero-order valence-electron chi connectivity index (χ0n) is 16.8. The number of carbonyl (C=O) groups excluding carboxylic acids is 2. The fraction of sp³-hybridized carbons (Fsp3) is 0.579. The molecule has 2 N–H and O–H groups in total. The van der Waals surface area contributed by atoms with Gasteiger partial charge < -0.3 is 15.0 Å². The van der Waals surface area contributed by atoms with E-state index in [0.29, 0.717) is 50.6 Å². The Morgan fingerprint density at radius 2 is 1.86 bits per heavy atom. The van der Waals surface area contributed by atoms with Gasteiger partial charge in [0.1, 0.15) is 0 Å². The van der Waals surface area contributed by atoms with E-state index < -0.39 is 10.0 Å². The van der Waals surface area contributed by atoms with Crippen LogP contribution in [0.3, 0.4) is 0 Å². The highest BCUT2D eigenvalue weighted by molar-refractivity contribution is 7.89. The number of ether oxygens (including phenoxy) is 1. The number of hydrogen-bond acceptors (Lipinski definition) is 5. The molecule has 1 aromatic carbocycles. The van der Waals surface area contributed by atoms with Crippen LogP contribution < -0.4 is 10.2 Å². The number of amides is 1. The van der Waals surface area contributed by atoms with E-state index in [1.165, 1.54) is 11.4 Å². The Labute approximate surface area is 166 Å². The normalized spacial score (nSPS) is 16.0. The Bertz CT molecular complexity index is 802. The van der Waals surface area contributed by atoms with Crippen LogP contribution in [0.25, 0.3) is 0 Å². The number of piperazine rings is 1. The SMILES string of the molecule is COC(=O)CCCNC(=O)C[NH+]1CCN(S(=O)(=O)c2ccc(C)c(C)c2)CC1. The maximum Gasteiger partial charge on any atom is 0.305 e. The summed E-state index contributed by atoms with van der Waals surface area (Å²) in [5.74, 6) is -0.383. The van der Waals surface area contributed by atoms with Crippen LogP contribution in [-0.4, -0.2) is 71.0 Å². The number of rotatable bonds is 8. The largest absolute Gasteiger partial charge is 0.469 e. The molecular weight excluding hydrogens is 382 g/mol. The zero-order chi connectivity index (χ0) is 20.7. The van der Waals surface area contributed by atoms with Crippen molar-refractivity contribution in [2.45, 2.75) is 31.6 Å². The first kappa shape index (κ1) is 22.3. The van der Waals surface area contributed by atoms with E-state index in [9.17, 15) is 18.0 Å². The minimum Gasteiger partial charge on any atom is -0.469 e. The molecular formula is C19H30N3O5S+. The molecule has 0 atom stereocenters. The van der Waals surface area contributed by atoms with Crippen molar-refractivity contribution in [1.29, 1.82) is 0 Å². The van der Waals surface area contributed by atoms with E-state index >= 15 is 0 Å². The summed E-state index contributed by atoms with van der Waals surface area (Å²) in [6, 6.07) is 5.19. The summed E-state index contributed by atoms with van der Waals surface area (Å²) in [4.78, 5) is 24.4. The minimum atomic E-state index is -3.51. The number of aryl methyl sites for hydroxylation is 2. The summed E-state index contributed by atoms with van der Waals surface area (Å²) < 4.78 is 31.7. The molecule has 1 aliphatic rings. The van der Waals surface area contributed by atoms with Crippen LogP contribution in [-0.2, 0) is 24.3 Å². The van der Waals surface area contributed by atoms with E-state index in [0.717, 1.165) is 16.0 Å². The topological polar surface area (TPSA) is 97.2 Å². The highest BCUT2D eigenvalue weighted by Gasteiger charge is 2.31. The number of sulfonamides is 1. The maximum absolute atomic E-state index is 12.8. The third-order valence-electron chi connectivity index (χ3n) is 5.06. The van der Waals surface area contributed by atoms with E-state index in [1.54, 1.807) is 12.1 Å². The van der Waals surface area contributed by atoms with Gasteiger partial charge in [0.15, 0.2) is 6.54 Å². The van der Waals surface area contributed by atoms with Crippen molar-refractivity contribution in [2.24, 2.45) is 0 Å². The summed E-state index contributed by atoms with van der Waals surface area (Å²) in [6.45, 7) is 6.53. The van der Waals surface area contributed by atoms with Gasteiger partial charge in [0.2, 0.25) is 10.0 Å². The van der Waals surface area contributed by atoms with Gasteiger partial charge in [-0.1, -0.05) is 6.07 Å². The van der Waals surface area contributed by atoms with Crippen LogP contribution in [0.4, 0.5) is 0 Å². The molecule has 0 radical (unpaired) electrons. The lowest BCUT2D eigenvalue weighted by molar-refractivity contribution is -0.895. The van der Waals surface area contributed by atoms with Gasteiger partial charge in [-0.25, -0.2) is 8.42 Å². The third-order valence-corrected chi connectivity index (χ3v) is 6.96. The molecule has 9 heteroatoms. The summed E-state index contributed by atoms with van der Waals surface area (Å²) in [6.07, 6.45) is 0.814. The van der Waals surface area contributed by atoms with Crippen molar-refractivity contribution in [2.75, 3.05) is 46.4 Å². The van der Waals surface area contributed by atoms with Gasteiger partial charge in [0.25, 0.3) is 5.91 Å². The van der Waals surface area contributed by atoms with Crippen molar-refractivity contribution in [3.63, 3.8) is 0 Å². The second-order valence-corrected chi connectivity index (χ2v) is 9.04. The predicted molar refractivity (Wildman–Crippen MR) is 104 cm³/mol. The molecule has 0 bridgehead atoms. The number of carbonyl (C=O) groups is 2. The van der Waals surface area contributed by atoms with Gasteiger partial charge in [-0.3, -0.25) is 9.59 Å². The van der Waals surface area contributed by atoms with Crippen LogP contribution in [0.5, 0.6) is 0 Å². The molecule has 156 valence electrons. The molecule has 1 saturated heterocycles. The third kappa shape index (κ3) is 6.02. The molecule has 0 saturated carbocycles. The Hall–Kier alpha value is -1.97. The number of nitrogens with zero attached hydrogens (tertiary/aromatic N) is 1. The minimum absolute atomic E-state index is 0.0923. The van der Waals surface area contributed by atoms with Gasteiger partial charge in [-0.2, -0.15) is 4.31 Å². The van der Waals surface area contributed by atoms with Gasteiger partial charge in [-0.05, 0) is 43.5 Å². The summed E-state index contributed by atoms with van der Waals surface area (Å²) in [5, 5.41) is 2.79. The first-order valence-electron chi connectivity index (χ1n) is 9.48. The molecule has 1 fully saturated rings. The predicted octanol–water partition coefficient (Wildman–Crippen LogP) is -0.738. The van der Waals surface area contributed by atoms with Crippen molar-refractivity contribution in [3.8, 4) is 0 Å². The maximum atomic E-state index is 12.8. The molecule has 2 rings (SSSR count). The molecule has 0 spiro atoms. The average Bonchev–Trinajstić information content (AvgIpc) is 2.67. The van der Waals surface area contributed by atoms with E-state index in [2.05, 4.69) is 10.1 Å². The van der Waals surface area contributed by atoms with Crippen molar-refractivity contribution < 1.29 is 27.6 Å². The summed E-state index contributed by atoms with van der Waals surface area (Å²) >= 11 is 0. The Morgan fingerprint density at radius 1 is 1.18 bits per heavy atom. The van der Waals surface area contributed by atoms with Gasteiger partial charge in [0, 0.05) is 13.0 Å². The number of esters is 1. The molecule has 28 heavy (non-hydrogen) atoms. The molecule has 0 unspecified atom stereocenters. The summed E-state index contributed by atoms with van der Waals surface area (Å²) in [5.41, 5.74) is 2.01. The average molecular weight is 413 g/mol. The second-order valence-electron chi connectivity index (χ2n) is 7.11. The van der Waals surface area contributed by atoms with Gasteiger partial charge in [-0.15, -0.1) is 0 Å². The molecule has 1 heterocycles. The van der Waals surface area contributed by atoms with Crippen LogP contribution in [0.2, 0.25) is 0 Å². The van der Waals surface area contributed by atoms with Crippen LogP contribution in [0, 0.1) is 13.8 Å². The van der Waals surface area contributed by atoms with Crippen LogP contribution >= 0.6 is 0 Å². The standard InChI is InChI=1S/C19H29N3O5S/c1-15-6-7-17(13-16(15)2)28(25,26)22-11-9-21(10-12-22)14-18(23)20-8-4-5-19(24)27-3/h6-7,13H,4-5,8-12,14H2,1-3H3,(H,20,23)/p+1. The van der Waals surface area contributed by atoms with Crippen molar-refractivity contribution >= 4 is 21.9 Å². The van der Waals surface area contributed by atoms with E-state index in [4.69, 9.17) is 0 Å². The molecule has 0 aliphatic carbocycles. The highest BCUT2D eigenvalue weighted by atomic mass is 32.2. The molecule has 1 aromatic rings. The number of benzene rings is 1. The number of quaternary nitrogens is 1. The van der Waals surface area contributed by atoms with Crippen molar-refractivity contribution in [3.05, 3.63) is 29.3 Å². The van der Waals surface area contributed by atoms with Gasteiger partial charge >= 0.3 is 5.97 Å². The van der Waals surface area contributed by atoms with E-state index in [-0.39, 0.29) is 18.3 Å². The number of methoxy groups -OCH3 is 1. The zero-order valence-corrected chi connectivity index (χ0v) is 17.6. The van der Waals surface area contributed by atoms with Gasteiger partial charge in [0.05, 0.1) is 38.2 Å². The first-order valence-corrected chi connectivity index (χ1v) is 10.9. The Kier molecular flexibility index (Phi) is 7.97. The van der Waals surface area contributed by atoms with E-state index in [1.807, 2.05) is 19.9 Å². The fourth-order valence-corrected chi connectivity index (χ4v) is 4.62. The number of nitrogens with one attached hydrogen (secondary N) is 2. The molecule has 8 nitrogen and oxygen atoms in total. The van der Waals surface area contributed by atoms with Crippen LogP contribution in [0.15, 0.2) is 23.1 Å². The first-order chi connectivity index (χ1) is 13.2. The Morgan fingerprint density at radius 3 is 2.46 bits per heavy atom. The molecule has 0 aromatic heterocycles. The smallest absolute Gasteiger partial charge is 0.305 e. The number of hydrogen-bond donors (Lipinski definition) is 2. The van der Waals surface area contributed by atoms with Crippen molar-refractivity contribution in [1.82, 2.24) is 9.62 Å². The lowest BCUT2D eigenvalue weighted by Crippen LogP contribution is -3.15. The second kappa shape index (κ2) is 9.99. The van der Waals surface area contributed by atoms with Crippen LogP contribution in [0.1, 0.15) is 24.0 Å². The Balaban J connectivity index is 1.79. The monoisotopic (exact) mass is 412 g/mol. The molecule has 1 aliphatic heterocycles. The lowest BCUT2D eigenvalue weighted by Gasteiger charge is -2.31. The highest BCUT2D eigenvalue weighted by Crippen LogP contribution is 2.19.